The van der Waals surface area contributed by atoms with Gasteiger partial charge in [-0.1, -0.05) is 6.92 Å². The zero-order valence-electron chi connectivity index (χ0n) is 18.0. The Bertz CT molecular complexity index is 1360. The van der Waals surface area contributed by atoms with Crippen LogP contribution in [0.15, 0.2) is 47.5 Å². The van der Waals surface area contributed by atoms with Crippen LogP contribution in [0.4, 0.5) is 17.3 Å². The predicted molar refractivity (Wildman–Crippen MR) is 123 cm³/mol. The second kappa shape index (κ2) is 7.89. The number of nitrogens with zero attached hydrogens (tertiary/aromatic N) is 3. The molecule has 0 aliphatic carbocycles. The Hall–Kier alpha value is -3.48. The van der Waals surface area contributed by atoms with E-state index in [0.717, 1.165) is 22.4 Å². The second-order valence-corrected chi connectivity index (χ2v) is 10.3. The third-order valence-electron chi connectivity index (χ3n) is 5.74. The summed E-state index contributed by atoms with van der Waals surface area (Å²) in [5.74, 6) is 0.347. The molecule has 8 nitrogen and oxygen atoms in total. The zero-order chi connectivity index (χ0) is 23.1. The molecule has 0 radical (unpaired) electrons. The van der Waals surface area contributed by atoms with Crippen LogP contribution in [0.1, 0.15) is 23.6 Å². The molecule has 4 rings (SSSR count). The van der Waals surface area contributed by atoms with Gasteiger partial charge >= 0.3 is 0 Å². The Labute approximate surface area is 186 Å². The molecule has 0 saturated carbocycles. The predicted octanol–water partition coefficient (Wildman–Crippen LogP) is 3.15. The van der Waals surface area contributed by atoms with Gasteiger partial charge in [0.1, 0.15) is 6.07 Å². The van der Waals surface area contributed by atoms with Crippen LogP contribution in [0.25, 0.3) is 11.3 Å². The Balaban J connectivity index is 1.71. The lowest BCUT2D eigenvalue weighted by Crippen LogP contribution is -2.28. The summed E-state index contributed by atoms with van der Waals surface area (Å²) in [6.07, 6.45) is 2.79. The number of hydrogen-bond donors (Lipinski definition) is 3. The van der Waals surface area contributed by atoms with Gasteiger partial charge in [-0.05, 0) is 54.4 Å². The van der Waals surface area contributed by atoms with Crippen molar-refractivity contribution >= 4 is 27.2 Å². The quantitative estimate of drug-likeness (QED) is 0.542. The maximum Gasteiger partial charge on any atom is 0.227 e. The van der Waals surface area contributed by atoms with Crippen molar-refractivity contribution in [2.75, 3.05) is 30.0 Å². The lowest BCUT2D eigenvalue weighted by molar-refractivity contribution is 0.219. The van der Waals surface area contributed by atoms with E-state index < -0.39 is 15.3 Å². The number of aromatic nitrogens is 2. The summed E-state index contributed by atoms with van der Waals surface area (Å²) in [6.45, 7) is 4.27. The van der Waals surface area contributed by atoms with E-state index in [1.165, 1.54) is 12.3 Å². The number of aliphatic hydroxyl groups excluding tert-OH is 1. The first kappa shape index (κ1) is 21.7. The molecule has 0 bridgehead atoms. The number of sulfone groups is 1. The molecule has 2 heterocycles. The average Bonchev–Trinajstić information content (AvgIpc) is 3.11. The molecule has 2 aromatic carbocycles. The minimum Gasteiger partial charge on any atom is -0.395 e. The summed E-state index contributed by atoms with van der Waals surface area (Å²) in [4.78, 5) is 9.11. The fraction of sp³-hybridized carbons (Fsp3) is 0.261. The van der Waals surface area contributed by atoms with Crippen LogP contribution in [0, 0.1) is 18.3 Å². The molecule has 0 spiro atoms. The molecular weight excluding hydrogens is 426 g/mol. The summed E-state index contributed by atoms with van der Waals surface area (Å²) in [7, 11) is -3.29. The number of aliphatic hydroxyl groups is 1. The van der Waals surface area contributed by atoms with E-state index in [2.05, 4.69) is 26.7 Å². The first-order chi connectivity index (χ1) is 15.1. The molecule has 3 aromatic rings. The van der Waals surface area contributed by atoms with Crippen LogP contribution < -0.4 is 10.6 Å². The number of benzene rings is 2. The molecule has 1 atom stereocenters. The minimum absolute atomic E-state index is 0.0410. The van der Waals surface area contributed by atoms with E-state index in [0.29, 0.717) is 29.4 Å². The van der Waals surface area contributed by atoms with Crippen molar-refractivity contribution in [1.82, 2.24) is 9.97 Å². The van der Waals surface area contributed by atoms with Crippen molar-refractivity contribution in [1.29, 1.82) is 5.26 Å². The molecule has 3 N–H and O–H groups in total. The highest BCUT2D eigenvalue weighted by Gasteiger charge is 2.35. The Morgan fingerprint density at radius 1 is 1.28 bits per heavy atom. The number of rotatable bonds is 5. The molecule has 1 unspecified atom stereocenters. The molecule has 9 heteroatoms. The van der Waals surface area contributed by atoms with E-state index in [1.54, 1.807) is 30.5 Å². The highest BCUT2D eigenvalue weighted by atomic mass is 32.2. The van der Waals surface area contributed by atoms with Gasteiger partial charge < -0.3 is 15.7 Å². The number of hydrogen-bond acceptors (Lipinski definition) is 8. The summed E-state index contributed by atoms with van der Waals surface area (Å²) in [6, 6.07) is 12.5. The zero-order valence-corrected chi connectivity index (χ0v) is 18.8. The molecule has 164 valence electrons. The SMILES string of the molecule is Cc1cc(S(C)(=O)=O)ccc1Nc1nccc(-c2cc(C#N)c3c(c2)C(C)(CO)CN3)n1. The van der Waals surface area contributed by atoms with Gasteiger partial charge in [0.2, 0.25) is 5.95 Å². The van der Waals surface area contributed by atoms with Crippen LogP contribution >= 0.6 is 0 Å². The van der Waals surface area contributed by atoms with Crippen molar-refractivity contribution in [3.8, 4) is 17.3 Å². The highest BCUT2D eigenvalue weighted by molar-refractivity contribution is 7.90. The van der Waals surface area contributed by atoms with Gasteiger partial charge in [-0.3, -0.25) is 0 Å². The lowest BCUT2D eigenvalue weighted by Gasteiger charge is -2.21. The van der Waals surface area contributed by atoms with Crippen LogP contribution in [0.2, 0.25) is 0 Å². The van der Waals surface area contributed by atoms with Gasteiger partial charge in [-0.25, -0.2) is 18.4 Å². The van der Waals surface area contributed by atoms with E-state index in [9.17, 15) is 18.8 Å². The molecule has 0 fully saturated rings. The summed E-state index contributed by atoms with van der Waals surface area (Å²) < 4.78 is 23.5. The molecule has 1 aliphatic rings. The highest BCUT2D eigenvalue weighted by Crippen LogP contribution is 2.41. The Morgan fingerprint density at radius 2 is 2.06 bits per heavy atom. The second-order valence-electron chi connectivity index (χ2n) is 8.27. The third kappa shape index (κ3) is 3.90. The first-order valence-corrected chi connectivity index (χ1v) is 11.9. The minimum atomic E-state index is -3.29. The van der Waals surface area contributed by atoms with Gasteiger partial charge in [-0.15, -0.1) is 0 Å². The number of aryl methyl sites for hydroxylation is 1. The standard InChI is InChI=1S/C23H23N5O3S/c1-14-8-17(32(3,30)31)4-5-19(14)27-22-25-7-6-20(28-22)15-9-16(11-24)21-18(10-15)23(2,13-29)12-26-21/h4-10,26,29H,12-13H2,1-3H3,(H,25,27,28). The normalized spacial score (nSPS) is 17.3. The maximum absolute atomic E-state index is 11.8. The van der Waals surface area contributed by atoms with Gasteiger partial charge in [0, 0.05) is 35.7 Å². The molecule has 0 amide bonds. The van der Waals surface area contributed by atoms with E-state index in [1.807, 2.05) is 19.9 Å². The van der Waals surface area contributed by atoms with Gasteiger partial charge in [0.05, 0.1) is 28.4 Å². The summed E-state index contributed by atoms with van der Waals surface area (Å²) in [5.41, 5.74) is 4.46. The fourth-order valence-corrected chi connectivity index (χ4v) is 4.48. The number of nitrogens with one attached hydrogen (secondary N) is 2. The monoisotopic (exact) mass is 449 g/mol. The molecule has 0 saturated heterocycles. The number of anilines is 3. The van der Waals surface area contributed by atoms with Crippen molar-refractivity contribution in [3.05, 3.63) is 59.3 Å². The van der Waals surface area contributed by atoms with Gasteiger partial charge in [-0.2, -0.15) is 5.26 Å². The lowest BCUT2D eigenvalue weighted by atomic mass is 9.83. The van der Waals surface area contributed by atoms with Crippen molar-refractivity contribution < 1.29 is 13.5 Å². The Morgan fingerprint density at radius 3 is 2.72 bits per heavy atom. The van der Waals surface area contributed by atoms with Gasteiger partial charge in [0.15, 0.2) is 9.84 Å². The smallest absolute Gasteiger partial charge is 0.227 e. The summed E-state index contributed by atoms with van der Waals surface area (Å²) >= 11 is 0. The maximum atomic E-state index is 11.8. The fourth-order valence-electron chi connectivity index (χ4n) is 3.77. The van der Waals surface area contributed by atoms with Crippen molar-refractivity contribution in [3.63, 3.8) is 0 Å². The van der Waals surface area contributed by atoms with Crippen molar-refractivity contribution in [2.45, 2.75) is 24.2 Å². The summed E-state index contributed by atoms with van der Waals surface area (Å²) in [5, 5.41) is 25.9. The van der Waals surface area contributed by atoms with Crippen LogP contribution in [-0.4, -0.2) is 42.9 Å². The van der Waals surface area contributed by atoms with E-state index in [4.69, 9.17) is 0 Å². The molecular formula is C23H23N5O3S. The number of nitriles is 1. The van der Waals surface area contributed by atoms with Crippen molar-refractivity contribution in [2.24, 2.45) is 0 Å². The van der Waals surface area contributed by atoms with E-state index >= 15 is 0 Å². The van der Waals surface area contributed by atoms with Crippen LogP contribution in [0.5, 0.6) is 0 Å². The third-order valence-corrected chi connectivity index (χ3v) is 6.85. The van der Waals surface area contributed by atoms with Crippen LogP contribution in [-0.2, 0) is 15.3 Å². The topological polar surface area (TPSA) is 128 Å². The molecule has 1 aromatic heterocycles. The molecule has 1 aliphatic heterocycles. The Kier molecular flexibility index (Phi) is 5.36. The number of fused-ring (bicyclic) bond motifs is 1. The first-order valence-electron chi connectivity index (χ1n) is 9.99. The largest absolute Gasteiger partial charge is 0.395 e. The van der Waals surface area contributed by atoms with Gasteiger partial charge in [0.25, 0.3) is 0 Å². The van der Waals surface area contributed by atoms with E-state index in [-0.39, 0.29) is 11.5 Å². The average molecular weight is 450 g/mol. The molecule has 32 heavy (non-hydrogen) atoms. The van der Waals surface area contributed by atoms with Crippen LogP contribution in [0.3, 0.4) is 0 Å².